The number of rotatable bonds is 9. The van der Waals surface area contributed by atoms with Crippen LogP contribution in [0.4, 0.5) is 5.95 Å². The van der Waals surface area contributed by atoms with Crippen LogP contribution in [0.2, 0.25) is 0 Å². The molecular formula is C23H26N4O3. The maximum Gasteiger partial charge on any atom is 0.252 e. The molecule has 0 fully saturated rings. The lowest BCUT2D eigenvalue weighted by Crippen LogP contribution is -2.12. The number of aryl methyl sites for hydroxylation is 2. The first-order valence-corrected chi connectivity index (χ1v) is 9.83. The predicted octanol–water partition coefficient (Wildman–Crippen LogP) is 4.06. The zero-order valence-corrected chi connectivity index (χ0v) is 17.4. The summed E-state index contributed by atoms with van der Waals surface area (Å²) in [6.45, 7) is 4.55. The average molecular weight is 406 g/mol. The molecule has 0 radical (unpaired) electrons. The highest BCUT2D eigenvalue weighted by molar-refractivity contribution is 5.81. The van der Waals surface area contributed by atoms with Crippen LogP contribution in [0.3, 0.4) is 0 Å². The number of benzene rings is 2. The summed E-state index contributed by atoms with van der Waals surface area (Å²) in [7, 11) is 1.60. The minimum absolute atomic E-state index is 0.206. The summed E-state index contributed by atoms with van der Waals surface area (Å²) in [5, 5.41) is 4.16. The maximum atomic E-state index is 11.7. The van der Waals surface area contributed by atoms with Crippen molar-refractivity contribution in [2.75, 3.05) is 12.5 Å². The van der Waals surface area contributed by atoms with Crippen molar-refractivity contribution in [3.63, 3.8) is 0 Å². The second-order valence-corrected chi connectivity index (χ2v) is 6.89. The number of H-pyrrole nitrogens is 1. The minimum atomic E-state index is -0.206. The largest absolute Gasteiger partial charge is 0.493 e. The van der Waals surface area contributed by atoms with Gasteiger partial charge in [0.05, 0.1) is 13.3 Å². The van der Waals surface area contributed by atoms with Gasteiger partial charge in [-0.05, 0) is 42.7 Å². The second kappa shape index (κ2) is 10.2. The van der Waals surface area contributed by atoms with Crippen molar-refractivity contribution >= 4 is 12.2 Å². The first-order chi connectivity index (χ1) is 14.6. The summed E-state index contributed by atoms with van der Waals surface area (Å²) in [5.41, 5.74) is 6.40. The molecule has 0 saturated carbocycles. The Balaban J connectivity index is 1.66. The highest BCUT2D eigenvalue weighted by Crippen LogP contribution is 2.28. The SMILES string of the molecule is CCCc1cc(=O)[nH]c(N/N=C/c2ccc(OCc3cccc(C)c3)c(OC)c2)n1. The summed E-state index contributed by atoms with van der Waals surface area (Å²) in [6.07, 6.45) is 3.28. The average Bonchev–Trinajstić information content (AvgIpc) is 2.72. The van der Waals surface area contributed by atoms with E-state index in [-0.39, 0.29) is 5.56 Å². The maximum absolute atomic E-state index is 11.7. The number of hydrazone groups is 1. The lowest BCUT2D eigenvalue weighted by molar-refractivity contribution is 0.284. The molecule has 2 aromatic carbocycles. The van der Waals surface area contributed by atoms with E-state index in [4.69, 9.17) is 9.47 Å². The first-order valence-electron chi connectivity index (χ1n) is 9.83. The van der Waals surface area contributed by atoms with Gasteiger partial charge in [-0.15, -0.1) is 0 Å². The standard InChI is InChI=1S/C23H26N4O3/c1-4-6-19-13-22(28)26-23(25-19)27-24-14-17-9-10-20(21(12-17)29-3)30-15-18-8-5-7-16(2)11-18/h5,7-14H,4,6,15H2,1-3H3,(H2,25,26,27,28)/b24-14+. The third-order valence-electron chi connectivity index (χ3n) is 4.35. The number of nitrogens with zero attached hydrogens (tertiary/aromatic N) is 2. The van der Waals surface area contributed by atoms with Crippen LogP contribution in [0.25, 0.3) is 0 Å². The third-order valence-corrected chi connectivity index (χ3v) is 4.35. The molecule has 0 atom stereocenters. The Kier molecular flexibility index (Phi) is 7.21. The number of aromatic nitrogens is 2. The van der Waals surface area contributed by atoms with E-state index in [0.717, 1.165) is 29.7 Å². The smallest absolute Gasteiger partial charge is 0.252 e. The number of hydrogen-bond acceptors (Lipinski definition) is 6. The number of nitrogens with one attached hydrogen (secondary N) is 2. The summed E-state index contributed by atoms with van der Waals surface area (Å²) in [6, 6.07) is 15.2. The van der Waals surface area contributed by atoms with Crippen molar-refractivity contribution in [1.82, 2.24) is 9.97 Å². The van der Waals surface area contributed by atoms with Gasteiger partial charge in [-0.1, -0.05) is 43.2 Å². The Morgan fingerprint density at radius 2 is 2.03 bits per heavy atom. The molecule has 0 bridgehead atoms. The minimum Gasteiger partial charge on any atom is -0.493 e. The van der Waals surface area contributed by atoms with E-state index in [9.17, 15) is 4.79 Å². The van der Waals surface area contributed by atoms with Gasteiger partial charge < -0.3 is 9.47 Å². The van der Waals surface area contributed by atoms with Crippen LogP contribution in [0.5, 0.6) is 11.5 Å². The predicted molar refractivity (Wildman–Crippen MR) is 119 cm³/mol. The number of hydrogen-bond donors (Lipinski definition) is 2. The van der Waals surface area contributed by atoms with Crippen LogP contribution >= 0.6 is 0 Å². The van der Waals surface area contributed by atoms with Gasteiger partial charge in [0.15, 0.2) is 11.5 Å². The van der Waals surface area contributed by atoms with E-state index in [1.807, 2.05) is 37.3 Å². The first kappa shape index (κ1) is 21.1. The van der Waals surface area contributed by atoms with E-state index in [1.54, 1.807) is 13.3 Å². The van der Waals surface area contributed by atoms with E-state index in [1.165, 1.54) is 11.6 Å². The van der Waals surface area contributed by atoms with E-state index in [2.05, 4.69) is 39.6 Å². The Hall–Kier alpha value is -3.61. The summed E-state index contributed by atoms with van der Waals surface area (Å²) in [4.78, 5) is 18.7. The van der Waals surface area contributed by atoms with Crippen molar-refractivity contribution in [3.8, 4) is 11.5 Å². The Morgan fingerprint density at radius 1 is 1.17 bits per heavy atom. The highest BCUT2D eigenvalue weighted by atomic mass is 16.5. The van der Waals surface area contributed by atoms with Crippen molar-refractivity contribution in [2.45, 2.75) is 33.3 Å². The molecule has 1 heterocycles. The molecule has 1 aromatic heterocycles. The molecular weight excluding hydrogens is 380 g/mol. The molecule has 3 rings (SSSR count). The van der Waals surface area contributed by atoms with Crippen LogP contribution < -0.4 is 20.5 Å². The number of methoxy groups -OCH3 is 1. The van der Waals surface area contributed by atoms with Gasteiger partial charge in [0, 0.05) is 11.8 Å². The van der Waals surface area contributed by atoms with Crippen molar-refractivity contribution in [2.24, 2.45) is 5.10 Å². The van der Waals surface area contributed by atoms with E-state index in [0.29, 0.717) is 24.1 Å². The van der Waals surface area contributed by atoms with Crippen LogP contribution in [0.15, 0.2) is 58.4 Å². The van der Waals surface area contributed by atoms with Crippen molar-refractivity contribution in [3.05, 3.63) is 81.3 Å². The molecule has 156 valence electrons. The quantitative estimate of drug-likeness (QED) is 0.413. The zero-order valence-electron chi connectivity index (χ0n) is 17.4. The second-order valence-electron chi connectivity index (χ2n) is 6.89. The van der Waals surface area contributed by atoms with Crippen LogP contribution in [-0.4, -0.2) is 23.3 Å². The van der Waals surface area contributed by atoms with Gasteiger partial charge in [0.2, 0.25) is 5.95 Å². The number of aromatic amines is 1. The molecule has 7 nitrogen and oxygen atoms in total. The van der Waals surface area contributed by atoms with Crippen LogP contribution in [0.1, 0.15) is 35.7 Å². The van der Waals surface area contributed by atoms with Gasteiger partial charge in [-0.2, -0.15) is 5.10 Å². The molecule has 0 aliphatic carbocycles. The number of anilines is 1. The zero-order chi connectivity index (χ0) is 21.3. The van der Waals surface area contributed by atoms with E-state index >= 15 is 0 Å². The highest BCUT2D eigenvalue weighted by Gasteiger charge is 2.06. The fourth-order valence-corrected chi connectivity index (χ4v) is 2.96. The Bertz CT molecular complexity index is 1080. The molecule has 3 aromatic rings. The molecule has 0 unspecified atom stereocenters. The normalized spacial score (nSPS) is 10.9. The van der Waals surface area contributed by atoms with Crippen LogP contribution in [0, 0.1) is 6.92 Å². The van der Waals surface area contributed by atoms with Gasteiger partial charge in [0.25, 0.3) is 5.56 Å². The molecule has 0 saturated heterocycles. The van der Waals surface area contributed by atoms with Crippen molar-refractivity contribution < 1.29 is 9.47 Å². The lowest BCUT2D eigenvalue weighted by Gasteiger charge is -2.11. The number of ether oxygens (including phenoxy) is 2. The van der Waals surface area contributed by atoms with Gasteiger partial charge >= 0.3 is 0 Å². The summed E-state index contributed by atoms with van der Waals surface area (Å²) >= 11 is 0. The molecule has 0 aliphatic rings. The van der Waals surface area contributed by atoms with Crippen LogP contribution in [-0.2, 0) is 13.0 Å². The molecule has 7 heteroatoms. The monoisotopic (exact) mass is 406 g/mol. The lowest BCUT2D eigenvalue weighted by atomic mass is 10.1. The topological polar surface area (TPSA) is 88.6 Å². The molecule has 0 spiro atoms. The van der Waals surface area contributed by atoms with E-state index < -0.39 is 0 Å². The van der Waals surface area contributed by atoms with Crippen molar-refractivity contribution in [1.29, 1.82) is 0 Å². The molecule has 30 heavy (non-hydrogen) atoms. The Labute approximate surface area is 175 Å². The third kappa shape index (κ3) is 5.94. The molecule has 0 aliphatic heterocycles. The Morgan fingerprint density at radius 3 is 2.80 bits per heavy atom. The molecule has 0 amide bonds. The fraction of sp³-hybridized carbons (Fsp3) is 0.261. The molecule has 2 N–H and O–H groups in total. The van der Waals surface area contributed by atoms with Gasteiger partial charge in [-0.25, -0.2) is 10.4 Å². The van der Waals surface area contributed by atoms with Gasteiger partial charge in [0.1, 0.15) is 6.61 Å². The van der Waals surface area contributed by atoms with Gasteiger partial charge in [-0.3, -0.25) is 9.78 Å². The summed E-state index contributed by atoms with van der Waals surface area (Å²) in [5.74, 6) is 1.58. The summed E-state index contributed by atoms with van der Waals surface area (Å²) < 4.78 is 11.4. The fourth-order valence-electron chi connectivity index (χ4n) is 2.96.